The Morgan fingerprint density at radius 1 is 1.09 bits per heavy atom. The molecule has 4 nitrogen and oxygen atoms in total. The zero-order valence-corrected chi connectivity index (χ0v) is 15.2. The van der Waals surface area contributed by atoms with E-state index in [0.717, 1.165) is 16.5 Å². The van der Waals surface area contributed by atoms with Crippen LogP contribution in [0.1, 0.15) is 18.1 Å². The highest BCUT2D eigenvalue weighted by atomic mass is 79.9. The van der Waals surface area contributed by atoms with Gasteiger partial charge in [0, 0.05) is 10.2 Å². The number of sulfone groups is 1. The largest absolute Gasteiger partial charge is 0.325 e. The minimum atomic E-state index is -3.52. The molecule has 0 aliphatic rings. The van der Waals surface area contributed by atoms with Crippen molar-refractivity contribution in [1.29, 1.82) is 0 Å². The van der Waals surface area contributed by atoms with Crippen LogP contribution in [-0.2, 0) is 26.8 Å². The summed E-state index contributed by atoms with van der Waals surface area (Å²) < 4.78 is 25.1. The van der Waals surface area contributed by atoms with Crippen molar-refractivity contribution >= 4 is 37.4 Å². The van der Waals surface area contributed by atoms with Crippen LogP contribution in [0.3, 0.4) is 0 Å². The zero-order chi connectivity index (χ0) is 16.9. The van der Waals surface area contributed by atoms with Crippen molar-refractivity contribution in [1.82, 2.24) is 0 Å². The quantitative estimate of drug-likeness (QED) is 0.812. The maximum atomic E-state index is 12.2. The first-order valence-corrected chi connectivity index (χ1v) is 9.83. The van der Waals surface area contributed by atoms with Gasteiger partial charge in [-0.15, -0.1) is 0 Å². The number of carbonyl (C=O) groups excluding carboxylic acids is 1. The molecule has 2 aromatic rings. The molecule has 2 aromatic carbocycles. The predicted molar refractivity (Wildman–Crippen MR) is 96.1 cm³/mol. The maximum Gasteiger partial charge on any atom is 0.239 e. The van der Waals surface area contributed by atoms with Crippen molar-refractivity contribution < 1.29 is 13.2 Å². The van der Waals surface area contributed by atoms with Crippen LogP contribution in [0, 0.1) is 0 Å². The maximum absolute atomic E-state index is 12.2. The molecular formula is C17H18BrNO3S. The molecular weight excluding hydrogens is 378 g/mol. The van der Waals surface area contributed by atoms with Gasteiger partial charge in [0.15, 0.2) is 9.84 Å². The molecule has 2 rings (SSSR count). The summed E-state index contributed by atoms with van der Waals surface area (Å²) in [7, 11) is -3.52. The summed E-state index contributed by atoms with van der Waals surface area (Å²) in [6.07, 6.45) is 0.852. The lowest BCUT2D eigenvalue weighted by molar-refractivity contribution is -0.113. The van der Waals surface area contributed by atoms with Crippen LogP contribution in [0.15, 0.2) is 53.0 Å². The van der Waals surface area contributed by atoms with Gasteiger partial charge in [-0.25, -0.2) is 8.42 Å². The van der Waals surface area contributed by atoms with Crippen molar-refractivity contribution in [2.45, 2.75) is 19.1 Å². The van der Waals surface area contributed by atoms with Crippen molar-refractivity contribution in [2.75, 3.05) is 11.1 Å². The van der Waals surface area contributed by atoms with Gasteiger partial charge >= 0.3 is 0 Å². The van der Waals surface area contributed by atoms with E-state index < -0.39 is 21.5 Å². The Hall–Kier alpha value is -1.66. The Balaban J connectivity index is 2.00. The summed E-state index contributed by atoms with van der Waals surface area (Å²) in [5, 5.41) is 2.64. The Kier molecular flexibility index (Phi) is 5.96. The van der Waals surface area contributed by atoms with Crippen LogP contribution in [0.2, 0.25) is 0 Å². The van der Waals surface area contributed by atoms with E-state index >= 15 is 0 Å². The molecule has 1 amide bonds. The SMILES string of the molecule is CCc1cccc(NC(=O)CS(=O)(=O)Cc2cccc(Br)c2)c1. The molecule has 0 saturated heterocycles. The van der Waals surface area contributed by atoms with Crippen LogP contribution >= 0.6 is 15.9 Å². The first-order valence-electron chi connectivity index (χ1n) is 7.21. The van der Waals surface area contributed by atoms with Crippen LogP contribution in [0.4, 0.5) is 5.69 Å². The standard InChI is InChI=1S/C17H18BrNO3S/c1-2-13-5-4-8-16(10-13)19-17(20)12-23(21,22)11-14-6-3-7-15(18)9-14/h3-10H,2,11-12H2,1H3,(H,19,20). The van der Waals surface area contributed by atoms with E-state index in [1.54, 1.807) is 24.3 Å². The van der Waals surface area contributed by atoms with Crippen LogP contribution < -0.4 is 5.32 Å². The third-order valence-electron chi connectivity index (χ3n) is 3.25. The normalized spacial score (nSPS) is 11.2. The van der Waals surface area contributed by atoms with E-state index in [2.05, 4.69) is 21.2 Å². The summed E-state index contributed by atoms with van der Waals surface area (Å²) in [6.45, 7) is 2.02. The monoisotopic (exact) mass is 395 g/mol. The molecule has 0 atom stereocenters. The summed E-state index contributed by atoms with van der Waals surface area (Å²) in [4.78, 5) is 12.0. The van der Waals surface area contributed by atoms with Crippen molar-refractivity contribution in [3.63, 3.8) is 0 Å². The predicted octanol–water partition coefficient (Wildman–Crippen LogP) is 3.57. The van der Waals surface area contributed by atoms with Gasteiger partial charge in [0.25, 0.3) is 0 Å². The summed E-state index contributed by atoms with van der Waals surface area (Å²) >= 11 is 3.30. The molecule has 23 heavy (non-hydrogen) atoms. The average molecular weight is 396 g/mol. The van der Waals surface area contributed by atoms with Gasteiger partial charge in [-0.2, -0.15) is 0 Å². The number of benzene rings is 2. The number of amides is 1. The lowest BCUT2D eigenvalue weighted by atomic mass is 10.1. The first-order chi connectivity index (χ1) is 10.9. The summed E-state index contributed by atoms with van der Waals surface area (Å²) in [5.74, 6) is -1.21. The molecule has 0 fully saturated rings. The van der Waals surface area contributed by atoms with Crippen LogP contribution in [0.5, 0.6) is 0 Å². The number of aryl methyl sites for hydroxylation is 1. The number of hydrogen-bond acceptors (Lipinski definition) is 3. The third kappa shape index (κ3) is 5.80. The van der Waals surface area contributed by atoms with Crippen molar-refractivity contribution in [3.05, 3.63) is 64.1 Å². The smallest absolute Gasteiger partial charge is 0.239 e. The topological polar surface area (TPSA) is 63.2 Å². The Morgan fingerprint density at radius 3 is 2.48 bits per heavy atom. The first kappa shape index (κ1) is 17.7. The Bertz CT molecular complexity index is 803. The summed E-state index contributed by atoms with van der Waals surface area (Å²) in [6, 6.07) is 14.4. The van der Waals surface area contributed by atoms with Crippen LogP contribution in [-0.4, -0.2) is 20.1 Å². The second-order valence-corrected chi connectivity index (χ2v) is 8.24. The number of halogens is 1. The Labute approximate surface area is 145 Å². The molecule has 122 valence electrons. The van der Waals surface area contributed by atoms with E-state index in [9.17, 15) is 13.2 Å². The highest BCUT2D eigenvalue weighted by Gasteiger charge is 2.17. The van der Waals surface area contributed by atoms with Gasteiger partial charge in [-0.05, 0) is 41.8 Å². The molecule has 6 heteroatoms. The third-order valence-corrected chi connectivity index (χ3v) is 5.21. The average Bonchev–Trinajstić information content (AvgIpc) is 2.46. The second-order valence-electron chi connectivity index (χ2n) is 5.26. The van der Waals surface area contributed by atoms with E-state index in [0.29, 0.717) is 11.3 Å². The molecule has 0 unspecified atom stereocenters. The van der Waals surface area contributed by atoms with Gasteiger partial charge in [-0.3, -0.25) is 4.79 Å². The number of hydrogen-bond donors (Lipinski definition) is 1. The van der Waals surface area contributed by atoms with Gasteiger partial charge in [0.1, 0.15) is 5.75 Å². The van der Waals surface area contributed by atoms with Crippen molar-refractivity contribution in [2.24, 2.45) is 0 Å². The number of rotatable bonds is 6. The number of carbonyl (C=O) groups is 1. The van der Waals surface area contributed by atoms with E-state index in [-0.39, 0.29) is 5.75 Å². The van der Waals surface area contributed by atoms with Gasteiger partial charge in [0.05, 0.1) is 5.75 Å². The second kappa shape index (κ2) is 7.75. The number of anilines is 1. The fraction of sp³-hybridized carbons (Fsp3) is 0.235. The Morgan fingerprint density at radius 2 is 1.78 bits per heavy atom. The molecule has 0 aliphatic carbocycles. The lowest BCUT2D eigenvalue weighted by Gasteiger charge is -2.08. The van der Waals surface area contributed by atoms with Gasteiger partial charge in [0.2, 0.25) is 5.91 Å². The van der Waals surface area contributed by atoms with Gasteiger partial charge < -0.3 is 5.32 Å². The molecule has 0 aliphatic heterocycles. The van der Waals surface area contributed by atoms with E-state index in [1.165, 1.54) is 0 Å². The van der Waals surface area contributed by atoms with E-state index in [4.69, 9.17) is 0 Å². The minimum Gasteiger partial charge on any atom is -0.325 e. The molecule has 0 bridgehead atoms. The molecule has 0 spiro atoms. The minimum absolute atomic E-state index is 0.158. The molecule has 0 heterocycles. The zero-order valence-electron chi connectivity index (χ0n) is 12.8. The summed E-state index contributed by atoms with van der Waals surface area (Å²) in [5.41, 5.74) is 2.35. The number of nitrogens with one attached hydrogen (secondary N) is 1. The van der Waals surface area contributed by atoms with E-state index in [1.807, 2.05) is 31.2 Å². The molecule has 0 aromatic heterocycles. The lowest BCUT2D eigenvalue weighted by Crippen LogP contribution is -2.24. The molecule has 1 N–H and O–H groups in total. The molecule has 0 radical (unpaired) electrons. The van der Waals surface area contributed by atoms with Gasteiger partial charge in [-0.1, -0.05) is 47.1 Å². The fourth-order valence-corrected chi connectivity index (χ4v) is 3.91. The van der Waals surface area contributed by atoms with Crippen LogP contribution in [0.25, 0.3) is 0 Å². The highest BCUT2D eigenvalue weighted by Crippen LogP contribution is 2.15. The fourth-order valence-electron chi connectivity index (χ4n) is 2.20. The van der Waals surface area contributed by atoms with Crippen molar-refractivity contribution in [3.8, 4) is 0 Å². The molecule has 0 saturated carbocycles. The highest BCUT2D eigenvalue weighted by molar-refractivity contribution is 9.10.